The molecule has 0 aliphatic rings. The summed E-state index contributed by atoms with van der Waals surface area (Å²) in [5.41, 5.74) is 4.66. The summed E-state index contributed by atoms with van der Waals surface area (Å²) in [5.74, 6) is 0. The lowest BCUT2D eigenvalue weighted by Crippen LogP contribution is -2.11. The first-order valence-electron chi connectivity index (χ1n) is 7.28. The Morgan fingerprint density at radius 3 is 2.43 bits per heavy atom. The highest BCUT2D eigenvalue weighted by Crippen LogP contribution is 2.22. The molecule has 3 rings (SSSR count). The fourth-order valence-corrected chi connectivity index (χ4v) is 2.36. The van der Waals surface area contributed by atoms with Gasteiger partial charge in [-0.2, -0.15) is 5.10 Å². The zero-order valence-electron chi connectivity index (χ0n) is 12.2. The number of nitrogens with one attached hydrogen (secondary N) is 1. The Bertz CT molecular complexity index is 684. The zero-order chi connectivity index (χ0) is 14.5. The van der Waals surface area contributed by atoms with Gasteiger partial charge in [0.25, 0.3) is 0 Å². The monoisotopic (exact) mass is 277 g/mol. The van der Waals surface area contributed by atoms with E-state index in [0.717, 1.165) is 24.5 Å². The quantitative estimate of drug-likeness (QED) is 0.771. The Morgan fingerprint density at radius 2 is 1.71 bits per heavy atom. The van der Waals surface area contributed by atoms with Gasteiger partial charge in [-0.3, -0.25) is 0 Å². The van der Waals surface area contributed by atoms with Crippen LogP contribution in [0.1, 0.15) is 12.5 Å². The van der Waals surface area contributed by atoms with Crippen molar-refractivity contribution >= 4 is 0 Å². The summed E-state index contributed by atoms with van der Waals surface area (Å²) in [6.07, 6.45) is 1.84. The van der Waals surface area contributed by atoms with E-state index >= 15 is 0 Å². The topological polar surface area (TPSA) is 29.9 Å². The SMILES string of the molecule is CCNCc1ccc(-c2ccnn2-c2ccccc2)cc1. The van der Waals surface area contributed by atoms with Gasteiger partial charge < -0.3 is 5.32 Å². The van der Waals surface area contributed by atoms with E-state index in [1.165, 1.54) is 11.1 Å². The van der Waals surface area contributed by atoms with Gasteiger partial charge in [-0.25, -0.2) is 4.68 Å². The van der Waals surface area contributed by atoms with Crippen molar-refractivity contribution in [2.75, 3.05) is 6.54 Å². The average Bonchev–Trinajstić information content (AvgIpc) is 3.04. The number of para-hydroxylation sites is 1. The van der Waals surface area contributed by atoms with Gasteiger partial charge in [0.05, 0.1) is 17.6 Å². The molecule has 3 nitrogen and oxygen atoms in total. The molecule has 0 aliphatic heterocycles. The number of hydrogen-bond acceptors (Lipinski definition) is 2. The minimum Gasteiger partial charge on any atom is -0.313 e. The third-order valence-corrected chi connectivity index (χ3v) is 3.47. The molecule has 0 amide bonds. The second-order valence-electron chi connectivity index (χ2n) is 4.94. The first-order valence-corrected chi connectivity index (χ1v) is 7.28. The first-order chi connectivity index (χ1) is 10.4. The molecule has 1 heterocycles. The number of aromatic nitrogens is 2. The third-order valence-electron chi connectivity index (χ3n) is 3.47. The summed E-state index contributed by atoms with van der Waals surface area (Å²) in [6.45, 7) is 4.02. The molecule has 0 aliphatic carbocycles. The fourth-order valence-electron chi connectivity index (χ4n) is 2.36. The smallest absolute Gasteiger partial charge is 0.0740 e. The van der Waals surface area contributed by atoms with Gasteiger partial charge >= 0.3 is 0 Å². The van der Waals surface area contributed by atoms with Crippen molar-refractivity contribution < 1.29 is 0 Å². The molecule has 2 aromatic carbocycles. The van der Waals surface area contributed by atoms with Crippen molar-refractivity contribution in [1.82, 2.24) is 15.1 Å². The summed E-state index contributed by atoms with van der Waals surface area (Å²) in [7, 11) is 0. The predicted molar refractivity (Wildman–Crippen MR) is 86.4 cm³/mol. The van der Waals surface area contributed by atoms with Crippen LogP contribution in [0.15, 0.2) is 66.9 Å². The largest absolute Gasteiger partial charge is 0.313 e. The normalized spacial score (nSPS) is 10.7. The lowest BCUT2D eigenvalue weighted by atomic mass is 10.1. The van der Waals surface area contributed by atoms with E-state index < -0.39 is 0 Å². The van der Waals surface area contributed by atoms with Gasteiger partial charge in [0.1, 0.15) is 0 Å². The highest BCUT2D eigenvalue weighted by atomic mass is 15.3. The number of nitrogens with zero attached hydrogens (tertiary/aromatic N) is 2. The molecule has 21 heavy (non-hydrogen) atoms. The maximum absolute atomic E-state index is 4.44. The molecule has 0 radical (unpaired) electrons. The Labute approximate surface area is 125 Å². The summed E-state index contributed by atoms with van der Waals surface area (Å²) in [5, 5.41) is 7.78. The fraction of sp³-hybridized carbons (Fsp3) is 0.167. The lowest BCUT2D eigenvalue weighted by Gasteiger charge is -2.08. The van der Waals surface area contributed by atoms with Crippen molar-refractivity contribution in [2.24, 2.45) is 0 Å². The Hall–Kier alpha value is -2.39. The van der Waals surface area contributed by atoms with Gasteiger partial charge in [0.15, 0.2) is 0 Å². The van der Waals surface area contributed by atoms with Crippen LogP contribution in [-0.4, -0.2) is 16.3 Å². The van der Waals surface area contributed by atoms with Crippen LogP contribution in [0.3, 0.4) is 0 Å². The average molecular weight is 277 g/mol. The van der Waals surface area contributed by atoms with Gasteiger partial charge in [0.2, 0.25) is 0 Å². The Balaban J connectivity index is 1.90. The third kappa shape index (κ3) is 3.03. The summed E-state index contributed by atoms with van der Waals surface area (Å²) in [6, 6.07) is 20.9. The summed E-state index contributed by atoms with van der Waals surface area (Å²) < 4.78 is 1.97. The van der Waals surface area contributed by atoms with Gasteiger partial charge in [-0.1, -0.05) is 49.4 Å². The summed E-state index contributed by atoms with van der Waals surface area (Å²) in [4.78, 5) is 0. The van der Waals surface area contributed by atoms with Crippen molar-refractivity contribution in [2.45, 2.75) is 13.5 Å². The van der Waals surface area contributed by atoms with Crippen molar-refractivity contribution in [3.63, 3.8) is 0 Å². The molecular weight excluding hydrogens is 258 g/mol. The molecule has 3 aromatic rings. The molecular formula is C18H19N3. The second-order valence-corrected chi connectivity index (χ2v) is 4.94. The van der Waals surface area contributed by atoms with Crippen LogP contribution in [0.5, 0.6) is 0 Å². The molecule has 0 saturated carbocycles. The zero-order valence-corrected chi connectivity index (χ0v) is 12.2. The lowest BCUT2D eigenvalue weighted by molar-refractivity contribution is 0.727. The highest BCUT2D eigenvalue weighted by Gasteiger charge is 2.06. The van der Waals surface area contributed by atoms with Crippen LogP contribution in [0, 0.1) is 0 Å². The van der Waals surface area contributed by atoms with Crippen LogP contribution in [0.4, 0.5) is 0 Å². The molecule has 0 saturated heterocycles. The van der Waals surface area contributed by atoms with Gasteiger partial charge in [-0.15, -0.1) is 0 Å². The van der Waals surface area contributed by atoms with E-state index in [2.05, 4.69) is 53.7 Å². The summed E-state index contributed by atoms with van der Waals surface area (Å²) >= 11 is 0. The van der Waals surface area contributed by atoms with Gasteiger partial charge in [0, 0.05) is 12.1 Å². The van der Waals surface area contributed by atoms with E-state index in [1.54, 1.807) is 0 Å². The number of rotatable bonds is 5. The van der Waals surface area contributed by atoms with Crippen LogP contribution in [0.25, 0.3) is 16.9 Å². The van der Waals surface area contributed by atoms with E-state index in [0.29, 0.717) is 0 Å². The molecule has 1 N–H and O–H groups in total. The Kier molecular flexibility index (Phi) is 4.12. The van der Waals surface area contributed by atoms with Crippen molar-refractivity contribution in [3.05, 3.63) is 72.4 Å². The standard InChI is InChI=1S/C18H19N3/c1-2-19-14-15-8-10-16(11-9-15)18-12-13-20-21(18)17-6-4-3-5-7-17/h3-13,19H,2,14H2,1H3. The maximum Gasteiger partial charge on any atom is 0.0740 e. The molecule has 0 fully saturated rings. The minimum atomic E-state index is 0.911. The van der Waals surface area contributed by atoms with Crippen molar-refractivity contribution in [1.29, 1.82) is 0 Å². The molecule has 106 valence electrons. The maximum atomic E-state index is 4.44. The predicted octanol–water partition coefficient (Wildman–Crippen LogP) is 3.65. The van der Waals surface area contributed by atoms with Crippen LogP contribution in [0.2, 0.25) is 0 Å². The minimum absolute atomic E-state index is 0.911. The van der Waals surface area contributed by atoms with E-state index in [9.17, 15) is 0 Å². The molecule has 3 heteroatoms. The number of hydrogen-bond donors (Lipinski definition) is 1. The molecule has 0 unspecified atom stereocenters. The van der Waals surface area contributed by atoms with Crippen molar-refractivity contribution in [3.8, 4) is 16.9 Å². The number of benzene rings is 2. The Morgan fingerprint density at radius 1 is 0.952 bits per heavy atom. The second kappa shape index (κ2) is 6.37. The highest BCUT2D eigenvalue weighted by molar-refractivity contribution is 5.62. The molecule has 0 spiro atoms. The van der Waals surface area contributed by atoms with Crippen LogP contribution >= 0.6 is 0 Å². The molecule has 1 aromatic heterocycles. The van der Waals surface area contributed by atoms with Crippen LogP contribution in [-0.2, 0) is 6.54 Å². The molecule has 0 bridgehead atoms. The van der Waals surface area contributed by atoms with Gasteiger partial charge in [-0.05, 0) is 30.3 Å². The molecule has 0 atom stereocenters. The van der Waals surface area contributed by atoms with E-state index in [4.69, 9.17) is 0 Å². The van der Waals surface area contributed by atoms with Crippen LogP contribution < -0.4 is 5.32 Å². The first kappa shape index (κ1) is 13.6. The van der Waals surface area contributed by atoms with E-state index in [1.807, 2.05) is 35.1 Å². The van der Waals surface area contributed by atoms with E-state index in [-0.39, 0.29) is 0 Å².